The predicted octanol–water partition coefficient (Wildman–Crippen LogP) is 5.00. The molecule has 0 unspecified atom stereocenters. The summed E-state index contributed by atoms with van der Waals surface area (Å²) in [5.41, 5.74) is 3.13. The van der Waals surface area contributed by atoms with Crippen LogP contribution in [-0.4, -0.2) is 47.4 Å². The van der Waals surface area contributed by atoms with Crippen molar-refractivity contribution in [3.8, 4) is 16.3 Å². The number of ether oxygens (including phenoxy) is 2. The van der Waals surface area contributed by atoms with E-state index in [9.17, 15) is 9.59 Å². The van der Waals surface area contributed by atoms with Crippen LogP contribution in [0.25, 0.3) is 16.6 Å². The van der Waals surface area contributed by atoms with Gasteiger partial charge in [-0.25, -0.2) is 9.78 Å². The van der Waals surface area contributed by atoms with E-state index < -0.39 is 11.6 Å². The van der Waals surface area contributed by atoms with Crippen LogP contribution in [0.15, 0.2) is 60.0 Å². The number of methoxy groups -OCH3 is 1. The van der Waals surface area contributed by atoms with Crippen LogP contribution in [-0.2, 0) is 16.1 Å². The summed E-state index contributed by atoms with van der Waals surface area (Å²) in [7, 11) is 1.33. The minimum absolute atomic E-state index is 0.0926. The maximum Gasteiger partial charge on any atom is 0.330 e. The van der Waals surface area contributed by atoms with Crippen LogP contribution < -0.4 is 4.74 Å². The largest absolute Gasteiger partial charge is 0.486 e. The molecule has 1 spiro atoms. The van der Waals surface area contributed by atoms with E-state index in [1.165, 1.54) is 13.2 Å². The van der Waals surface area contributed by atoms with Crippen LogP contribution in [0.3, 0.4) is 0 Å². The van der Waals surface area contributed by atoms with Crippen molar-refractivity contribution in [2.45, 2.75) is 31.4 Å². The molecule has 5 rings (SSSR count). The first kappa shape index (κ1) is 22.5. The van der Waals surface area contributed by atoms with Crippen molar-refractivity contribution in [2.75, 3.05) is 20.2 Å². The molecule has 3 aromatic rings. The molecule has 2 aromatic carbocycles. The smallest absolute Gasteiger partial charge is 0.330 e. The summed E-state index contributed by atoms with van der Waals surface area (Å²) in [4.78, 5) is 31.5. The number of nitrogens with zero attached hydrogens (tertiary/aromatic N) is 2. The van der Waals surface area contributed by atoms with Crippen molar-refractivity contribution in [1.29, 1.82) is 0 Å². The summed E-state index contributed by atoms with van der Waals surface area (Å²) in [6, 6.07) is 15.7. The Hall–Kier alpha value is -3.29. The Morgan fingerprint density at radius 1 is 1.21 bits per heavy atom. The van der Waals surface area contributed by atoms with Crippen molar-refractivity contribution in [2.24, 2.45) is 0 Å². The highest BCUT2D eigenvalue weighted by atomic mass is 32.1. The van der Waals surface area contributed by atoms with Gasteiger partial charge in [0.05, 0.1) is 24.8 Å². The summed E-state index contributed by atoms with van der Waals surface area (Å²) in [6.45, 7) is 2.53. The fraction of sp³-hybridized carbons (Fsp3) is 0.296. The number of Topliss-reactive ketones (excluding diaryl/α,β-unsaturated/α-hetero) is 1. The van der Waals surface area contributed by atoms with E-state index in [2.05, 4.69) is 27.1 Å². The maximum absolute atomic E-state index is 13.0. The quantitative estimate of drug-likeness (QED) is 0.383. The molecule has 2 aliphatic rings. The molecule has 0 bridgehead atoms. The maximum atomic E-state index is 13.0. The number of aromatic nitrogens is 1. The fourth-order valence-electron chi connectivity index (χ4n) is 4.57. The van der Waals surface area contributed by atoms with E-state index in [4.69, 9.17) is 9.72 Å². The van der Waals surface area contributed by atoms with Crippen molar-refractivity contribution in [3.05, 3.63) is 76.8 Å². The average Bonchev–Trinajstić information content (AvgIpc) is 3.33. The zero-order valence-corrected chi connectivity index (χ0v) is 19.8. The van der Waals surface area contributed by atoms with Crippen molar-refractivity contribution >= 4 is 29.2 Å². The Bertz CT molecular complexity index is 1230. The molecule has 174 valence electrons. The molecule has 0 aliphatic carbocycles. The molecule has 0 N–H and O–H groups in total. The van der Waals surface area contributed by atoms with Crippen LogP contribution in [0.1, 0.15) is 40.9 Å². The highest BCUT2D eigenvalue weighted by Crippen LogP contribution is 2.40. The van der Waals surface area contributed by atoms with Gasteiger partial charge >= 0.3 is 5.97 Å². The molecule has 0 radical (unpaired) electrons. The van der Waals surface area contributed by atoms with Gasteiger partial charge in [-0.3, -0.25) is 9.69 Å². The molecule has 0 amide bonds. The SMILES string of the molecule is COC(=O)/C=C/c1ccc2c(c1)C(=O)CC1(CCN(Cc3csc(-c4ccccc4)n3)CC1)O2. The lowest BCUT2D eigenvalue weighted by Gasteiger charge is -2.43. The third-order valence-electron chi connectivity index (χ3n) is 6.45. The van der Waals surface area contributed by atoms with Gasteiger partial charge in [0.1, 0.15) is 16.4 Å². The van der Waals surface area contributed by atoms with Gasteiger partial charge in [0, 0.05) is 49.5 Å². The standard InChI is InChI=1S/C27H26N2O4S/c1-32-25(31)10-8-19-7-9-24-22(15-19)23(30)16-27(33-24)11-13-29(14-12-27)17-21-18-34-26(28-21)20-5-3-2-4-6-20/h2-10,15,18H,11-14,16-17H2,1H3/b10-8+. The lowest BCUT2D eigenvalue weighted by atomic mass is 9.82. The van der Waals surface area contributed by atoms with Gasteiger partial charge in [-0.1, -0.05) is 36.4 Å². The lowest BCUT2D eigenvalue weighted by Crippen LogP contribution is -2.50. The van der Waals surface area contributed by atoms with Gasteiger partial charge in [0.25, 0.3) is 0 Å². The number of benzene rings is 2. The molecular formula is C27H26N2O4S. The number of ketones is 1. The zero-order chi connectivity index (χ0) is 23.5. The second-order valence-corrected chi connectivity index (χ2v) is 9.64. The Kier molecular flexibility index (Phi) is 6.30. The molecule has 34 heavy (non-hydrogen) atoms. The van der Waals surface area contributed by atoms with Gasteiger partial charge in [-0.05, 0) is 23.8 Å². The highest BCUT2D eigenvalue weighted by molar-refractivity contribution is 7.13. The van der Waals surface area contributed by atoms with Crippen molar-refractivity contribution in [1.82, 2.24) is 9.88 Å². The number of carbonyl (C=O) groups is 2. The number of carbonyl (C=O) groups excluding carboxylic acids is 2. The second kappa shape index (κ2) is 9.52. The van der Waals surface area contributed by atoms with Gasteiger partial charge in [0.2, 0.25) is 0 Å². The number of esters is 1. The molecule has 3 heterocycles. The topological polar surface area (TPSA) is 68.7 Å². The first-order chi connectivity index (χ1) is 16.5. The monoisotopic (exact) mass is 474 g/mol. The highest BCUT2D eigenvalue weighted by Gasteiger charge is 2.43. The number of hydrogen-bond acceptors (Lipinski definition) is 7. The summed E-state index contributed by atoms with van der Waals surface area (Å²) in [6.07, 6.45) is 4.98. The van der Waals surface area contributed by atoms with Gasteiger partial charge in [-0.2, -0.15) is 0 Å². The minimum Gasteiger partial charge on any atom is -0.486 e. The molecule has 1 fully saturated rings. The minimum atomic E-state index is -0.443. The predicted molar refractivity (Wildman–Crippen MR) is 132 cm³/mol. The van der Waals surface area contributed by atoms with Crippen LogP contribution in [0, 0.1) is 0 Å². The first-order valence-electron chi connectivity index (χ1n) is 11.4. The normalized spacial score (nSPS) is 17.5. The van der Waals surface area contributed by atoms with E-state index in [0.717, 1.165) is 54.3 Å². The molecule has 1 aromatic heterocycles. The van der Waals surface area contributed by atoms with Crippen LogP contribution in [0.2, 0.25) is 0 Å². The Morgan fingerprint density at radius 3 is 2.76 bits per heavy atom. The van der Waals surface area contributed by atoms with E-state index in [1.807, 2.05) is 30.3 Å². The number of hydrogen-bond donors (Lipinski definition) is 0. The first-order valence-corrected chi connectivity index (χ1v) is 12.3. The summed E-state index contributed by atoms with van der Waals surface area (Å²) in [5, 5.41) is 3.18. The number of thiazole rings is 1. The van der Waals surface area contributed by atoms with E-state index >= 15 is 0 Å². The van der Waals surface area contributed by atoms with Gasteiger partial charge in [0.15, 0.2) is 5.78 Å². The summed E-state index contributed by atoms with van der Waals surface area (Å²) < 4.78 is 11.0. The molecule has 0 atom stereocenters. The summed E-state index contributed by atoms with van der Waals surface area (Å²) >= 11 is 1.68. The lowest BCUT2D eigenvalue weighted by molar-refractivity contribution is -0.134. The Balaban J connectivity index is 1.22. The molecular weight excluding hydrogens is 448 g/mol. The second-order valence-electron chi connectivity index (χ2n) is 8.78. The zero-order valence-electron chi connectivity index (χ0n) is 19.0. The van der Waals surface area contributed by atoms with E-state index in [-0.39, 0.29) is 5.78 Å². The average molecular weight is 475 g/mol. The summed E-state index contributed by atoms with van der Waals surface area (Å²) in [5.74, 6) is 0.293. The number of rotatable bonds is 5. The van der Waals surface area contributed by atoms with Gasteiger partial charge in [-0.15, -0.1) is 11.3 Å². The molecule has 0 saturated carbocycles. The third kappa shape index (κ3) is 4.81. The molecule has 1 saturated heterocycles. The van der Waals surface area contributed by atoms with Crippen molar-refractivity contribution < 1.29 is 19.1 Å². The van der Waals surface area contributed by atoms with Crippen LogP contribution in [0.5, 0.6) is 5.75 Å². The van der Waals surface area contributed by atoms with E-state index in [0.29, 0.717) is 17.7 Å². The van der Waals surface area contributed by atoms with Gasteiger partial charge < -0.3 is 9.47 Å². The van der Waals surface area contributed by atoms with Crippen LogP contribution in [0.4, 0.5) is 0 Å². The van der Waals surface area contributed by atoms with E-state index in [1.54, 1.807) is 23.5 Å². The number of piperidine rings is 1. The Morgan fingerprint density at radius 2 is 2.00 bits per heavy atom. The molecule has 2 aliphatic heterocycles. The third-order valence-corrected chi connectivity index (χ3v) is 7.39. The number of fused-ring (bicyclic) bond motifs is 1. The molecule has 6 nitrogen and oxygen atoms in total. The number of likely N-dealkylation sites (tertiary alicyclic amines) is 1. The Labute approximate surface area is 202 Å². The van der Waals surface area contributed by atoms with Crippen molar-refractivity contribution in [3.63, 3.8) is 0 Å². The van der Waals surface area contributed by atoms with Crippen LogP contribution >= 0.6 is 11.3 Å². The molecule has 7 heteroatoms. The fourth-order valence-corrected chi connectivity index (χ4v) is 5.38.